The first-order valence-electron chi connectivity index (χ1n) is 6.46. The van der Waals surface area contributed by atoms with Crippen LogP contribution in [-0.4, -0.2) is 11.0 Å². The van der Waals surface area contributed by atoms with Crippen molar-refractivity contribution in [1.82, 2.24) is 5.32 Å². The summed E-state index contributed by atoms with van der Waals surface area (Å²) in [6.45, 7) is 0.520. The van der Waals surface area contributed by atoms with Gasteiger partial charge in [0.25, 0.3) is 0 Å². The Kier molecular flexibility index (Phi) is 4.40. The van der Waals surface area contributed by atoms with Gasteiger partial charge in [-0.25, -0.2) is 0 Å². The number of carbonyl (C=O) groups excluding carboxylic acids is 1. The first kappa shape index (κ1) is 12.7. The fraction of sp³-hybridized carbons (Fsp3) is 0.400. The van der Waals surface area contributed by atoms with Gasteiger partial charge in [0.15, 0.2) is 0 Å². The largest absolute Gasteiger partial charge is 0.508 e. The number of amides is 1. The second-order valence-electron chi connectivity index (χ2n) is 4.73. The molecule has 1 aliphatic carbocycles. The Balaban J connectivity index is 1.77. The molecule has 0 heterocycles. The summed E-state index contributed by atoms with van der Waals surface area (Å²) in [7, 11) is 0. The fourth-order valence-electron chi connectivity index (χ4n) is 2.15. The molecule has 0 bridgehead atoms. The lowest BCUT2D eigenvalue weighted by Gasteiger charge is -2.12. The Morgan fingerprint density at radius 1 is 1.22 bits per heavy atom. The summed E-state index contributed by atoms with van der Waals surface area (Å²) in [5.74, 6) is 0.327. The maximum absolute atomic E-state index is 11.8. The quantitative estimate of drug-likeness (QED) is 0.801. The molecule has 0 spiro atoms. The van der Waals surface area contributed by atoms with Crippen LogP contribution in [0.2, 0.25) is 0 Å². The number of hydrogen-bond acceptors (Lipinski definition) is 2. The number of phenolic OH excluding ortho intramolecular Hbond substituents is 1. The number of allylic oxidation sites excluding steroid dienone is 1. The van der Waals surface area contributed by atoms with Crippen LogP contribution in [0.15, 0.2) is 35.9 Å². The highest BCUT2D eigenvalue weighted by molar-refractivity contribution is 5.78. The lowest BCUT2D eigenvalue weighted by molar-refractivity contribution is -0.120. The van der Waals surface area contributed by atoms with Crippen molar-refractivity contribution in [3.63, 3.8) is 0 Å². The molecule has 0 radical (unpaired) electrons. The van der Waals surface area contributed by atoms with Crippen LogP contribution in [0.1, 0.15) is 37.7 Å². The highest BCUT2D eigenvalue weighted by Gasteiger charge is 2.08. The van der Waals surface area contributed by atoms with Crippen molar-refractivity contribution in [2.45, 2.75) is 38.6 Å². The van der Waals surface area contributed by atoms with Crippen LogP contribution in [0.4, 0.5) is 0 Å². The summed E-state index contributed by atoms with van der Waals surface area (Å²) < 4.78 is 0. The van der Waals surface area contributed by atoms with E-state index in [4.69, 9.17) is 5.11 Å². The van der Waals surface area contributed by atoms with Crippen molar-refractivity contribution < 1.29 is 9.90 Å². The number of rotatable bonds is 4. The summed E-state index contributed by atoms with van der Waals surface area (Å²) in [6.07, 6.45) is 7.35. The molecule has 0 unspecified atom stereocenters. The topological polar surface area (TPSA) is 49.3 Å². The predicted molar refractivity (Wildman–Crippen MR) is 71.1 cm³/mol. The maximum Gasteiger partial charge on any atom is 0.224 e. The van der Waals surface area contributed by atoms with E-state index in [-0.39, 0.29) is 11.7 Å². The van der Waals surface area contributed by atoms with Gasteiger partial charge in [-0.1, -0.05) is 23.8 Å². The number of nitrogens with one attached hydrogen (secondary N) is 1. The monoisotopic (exact) mass is 245 g/mol. The van der Waals surface area contributed by atoms with E-state index in [2.05, 4.69) is 11.4 Å². The van der Waals surface area contributed by atoms with Gasteiger partial charge in [-0.2, -0.15) is 0 Å². The van der Waals surface area contributed by atoms with E-state index in [1.807, 2.05) is 12.1 Å². The smallest absolute Gasteiger partial charge is 0.224 e. The van der Waals surface area contributed by atoms with E-state index in [0.29, 0.717) is 13.0 Å². The number of benzene rings is 1. The summed E-state index contributed by atoms with van der Waals surface area (Å²) in [6, 6.07) is 6.89. The van der Waals surface area contributed by atoms with E-state index >= 15 is 0 Å². The van der Waals surface area contributed by atoms with Crippen molar-refractivity contribution in [2.24, 2.45) is 0 Å². The molecule has 0 atom stereocenters. The van der Waals surface area contributed by atoms with Gasteiger partial charge in [-0.05, 0) is 43.4 Å². The molecule has 0 aromatic heterocycles. The van der Waals surface area contributed by atoms with Gasteiger partial charge in [0.1, 0.15) is 5.75 Å². The average Bonchev–Trinajstić information content (AvgIpc) is 2.39. The Morgan fingerprint density at radius 2 is 2.00 bits per heavy atom. The SMILES string of the molecule is O=C(CC1=CCCCC1)NCc1ccc(O)cc1. The number of aromatic hydroxyl groups is 1. The maximum atomic E-state index is 11.8. The third-order valence-corrected chi connectivity index (χ3v) is 3.20. The van der Waals surface area contributed by atoms with Gasteiger partial charge in [-0.3, -0.25) is 4.79 Å². The van der Waals surface area contributed by atoms with Crippen LogP contribution in [-0.2, 0) is 11.3 Å². The molecule has 18 heavy (non-hydrogen) atoms. The lowest BCUT2D eigenvalue weighted by atomic mass is 9.97. The summed E-state index contributed by atoms with van der Waals surface area (Å²) in [5, 5.41) is 12.1. The van der Waals surface area contributed by atoms with Gasteiger partial charge in [0.05, 0.1) is 0 Å². The van der Waals surface area contributed by atoms with Crippen molar-refractivity contribution in [3.05, 3.63) is 41.5 Å². The molecular formula is C15H19NO2. The van der Waals surface area contributed by atoms with Gasteiger partial charge in [0.2, 0.25) is 5.91 Å². The normalized spacial score (nSPS) is 15.0. The van der Waals surface area contributed by atoms with Crippen molar-refractivity contribution in [3.8, 4) is 5.75 Å². The molecule has 0 saturated heterocycles. The molecule has 96 valence electrons. The summed E-state index contributed by atoms with van der Waals surface area (Å²) in [5.41, 5.74) is 2.27. The first-order valence-corrected chi connectivity index (χ1v) is 6.46. The highest BCUT2D eigenvalue weighted by atomic mass is 16.3. The molecule has 1 aromatic rings. The van der Waals surface area contributed by atoms with Crippen molar-refractivity contribution in [1.29, 1.82) is 0 Å². The van der Waals surface area contributed by atoms with Crippen LogP contribution in [0.5, 0.6) is 5.75 Å². The molecule has 1 aromatic carbocycles. The zero-order valence-corrected chi connectivity index (χ0v) is 10.5. The molecule has 3 nitrogen and oxygen atoms in total. The molecular weight excluding hydrogens is 226 g/mol. The van der Waals surface area contributed by atoms with E-state index < -0.39 is 0 Å². The molecule has 0 saturated carbocycles. The number of phenols is 1. The Bertz CT molecular complexity index is 434. The molecule has 1 amide bonds. The van der Waals surface area contributed by atoms with Gasteiger partial charge in [-0.15, -0.1) is 0 Å². The van der Waals surface area contributed by atoms with Crippen LogP contribution < -0.4 is 5.32 Å². The summed E-state index contributed by atoms with van der Waals surface area (Å²) >= 11 is 0. The van der Waals surface area contributed by atoms with Crippen molar-refractivity contribution in [2.75, 3.05) is 0 Å². The molecule has 1 aliphatic rings. The zero-order valence-electron chi connectivity index (χ0n) is 10.5. The Hall–Kier alpha value is -1.77. The van der Waals surface area contributed by atoms with E-state index in [1.165, 1.54) is 18.4 Å². The minimum atomic E-state index is 0.0798. The van der Waals surface area contributed by atoms with Crippen molar-refractivity contribution >= 4 is 5.91 Å². The minimum absolute atomic E-state index is 0.0798. The second kappa shape index (κ2) is 6.24. The minimum Gasteiger partial charge on any atom is -0.508 e. The van der Waals surface area contributed by atoms with Gasteiger partial charge in [0, 0.05) is 13.0 Å². The van der Waals surface area contributed by atoms with Crippen LogP contribution in [0.25, 0.3) is 0 Å². The highest BCUT2D eigenvalue weighted by Crippen LogP contribution is 2.19. The van der Waals surface area contributed by atoms with Crippen LogP contribution in [0, 0.1) is 0 Å². The fourth-order valence-corrected chi connectivity index (χ4v) is 2.15. The lowest BCUT2D eigenvalue weighted by Crippen LogP contribution is -2.23. The Labute approximate surface area is 108 Å². The third-order valence-electron chi connectivity index (χ3n) is 3.20. The molecule has 3 heteroatoms. The van der Waals surface area contributed by atoms with Gasteiger partial charge >= 0.3 is 0 Å². The summed E-state index contributed by atoms with van der Waals surface area (Å²) in [4.78, 5) is 11.8. The number of hydrogen-bond donors (Lipinski definition) is 2. The first-order chi connectivity index (χ1) is 8.74. The molecule has 2 rings (SSSR count). The van der Waals surface area contributed by atoms with E-state index in [0.717, 1.165) is 18.4 Å². The number of carbonyl (C=O) groups is 1. The predicted octanol–water partition coefficient (Wildman–Crippen LogP) is 2.90. The molecule has 0 fully saturated rings. The van der Waals surface area contributed by atoms with Crippen LogP contribution in [0.3, 0.4) is 0 Å². The van der Waals surface area contributed by atoms with E-state index in [1.54, 1.807) is 12.1 Å². The van der Waals surface area contributed by atoms with Crippen LogP contribution >= 0.6 is 0 Å². The standard InChI is InChI=1S/C15H19NO2/c17-14-8-6-13(7-9-14)11-16-15(18)10-12-4-2-1-3-5-12/h4,6-9,17H,1-3,5,10-11H2,(H,16,18). The van der Waals surface area contributed by atoms with E-state index in [9.17, 15) is 4.79 Å². The zero-order chi connectivity index (χ0) is 12.8. The molecule has 2 N–H and O–H groups in total. The molecule has 0 aliphatic heterocycles. The average molecular weight is 245 g/mol. The van der Waals surface area contributed by atoms with Gasteiger partial charge < -0.3 is 10.4 Å². The second-order valence-corrected chi connectivity index (χ2v) is 4.73. The Morgan fingerprint density at radius 3 is 2.67 bits per heavy atom. The third kappa shape index (κ3) is 3.91.